The molecular formula is C36H65O3SiTi-. The third kappa shape index (κ3) is 8.72. The Morgan fingerprint density at radius 3 is 1.49 bits per heavy atom. The molecule has 5 atom stereocenters. The van der Waals surface area contributed by atoms with Gasteiger partial charge >= 0.3 is 0 Å². The van der Waals surface area contributed by atoms with Crippen molar-refractivity contribution < 1.29 is 37.0 Å². The van der Waals surface area contributed by atoms with E-state index in [9.17, 15) is 5.11 Å². The van der Waals surface area contributed by atoms with Gasteiger partial charge < -0.3 is 22.7 Å². The van der Waals surface area contributed by atoms with E-state index in [0.29, 0.717) is 35.0 Å². The predicted molar refractivity (Wildman–Crippen MR) is 180 cm³/mol. The molecule has 41 heavy (non-hydrogen) atoms. The van der Waals surface area contributed by atoms with E-state index >= 15 is 0 Å². The third-order valence-corrected chi connectivity index (χ3v) is 14.1. The maximum absolute atomic E-state index is 11.8. The molecule has 0 radical (unpaired) electrons. The Kier molecular flexibility index (Phi) is 16.5. The fourth-order valence-corrected chi connectivity index (χ4v) is 11.8. The molecule has 0 aromatic heterocycles. The predicted octanol–water partition coefficient (Wildman–Crippen LogP) is 8.92. The van der Waals surface area contributed by atoms with Crippen LogP contribution in [0.1, 0.15) is 108 Å². The van der Waals surface area contributed by atoms with Crippen LogP contribution < -0.4 is 5.19 Å². The normalized spacial score (nSPS) is 24.3. The first-order valence-corrected chi connectivity index (χ1v) is 18.2. The summed E-state index contributed by atoms with van der Waals surface area (Å²) in [5.41, 5.74) is 9.28. The summed E-state index contributed by atoms with van der Waals surface area (Å²) in [5, 5.41) is 28.2. The van der Waals surface area contributed by atoms with Crippen molar-refractivity contribution in [3.05, 3.63) is 53.0 Å². The molecule has 3 N–H and O–H groups in total. The van der Waals surface area contributed by atoms with Crippen LogP contribution in [0.2, 0.25) is 18.6 Å². The molecule has 0 saturated heterocycles. The van der Waals surface area contributed by atoms with Gasteiger partial charge in [-0.2, -0.15) is 0 Å². The summed E-state index contributed by atoms with van der Waals surface area (Å²) in [6.45, 7) is 37.0. The van der Waals surface area contributed by atoms with Gasteiger partial charge in [-0.3, -0.25) is 0 Å². The van der Waals surface area contributed by atoms with Crippen LogP contribution in [0.5, 0.6) is 5.75 Å². The molecule has 2 aliphatic rings. The summed E-state index contributed by atoms with van der Waals surface area (Å²) in [4.78, 5) is 0. The summed E-state index contributed by atoms with van der Waals surface area (Å²) < 4.78 is 0. The van der Waals surface area contributed by atoms with Gasteiger partial charge in [-0.1, -0.05) is 91.8 Å². The van der Waals surface area contributed by atoms with Crippen molar-refractivity contribution in [2.24, 2.45) is 23.7 Å². The number of aliphatic hydroxyl groups is 2. The van der Waals surface area contributed by atoms with Crippen molar-refractivity contribution in [2.75, 3.05) is 13.2 Å². The summed E-state index contributed by atoms with van der Waals surface area (Å²) >= 11 is 0. The maximum atomic E-state index is 11.8. The summed E-state index contributed by atoms with van der Waals surface area (Å²) in [5.74, 6) is 3.11. The van der Waals surface area contributed by atoms with Gasteiger partial charge in [0.2, 0.25) is 0 Å². The van der Waals surface area contributed by atoms with Gasteiger partial charge in [0, 0.05) is 34.9 Å². The van der Waals surface area contributed by atoms with Gasteiger partial charge in [-0.25, -0.2) is 0 Å². The SMILES string of the molecule is CC1=C(C)C2C(C)C(C)C([Si](C)(C)c3cc(C(C)(C)C)cc(C(C)(C)C)c3O)C2C(C)=C1C.CCO.CCO.[CH3-].[Ti]. The maximum Gasteiger partial charge on any atom is 0.118 e. The molecular weight excluding hydrogens is 556 g/mol. The molecule has 0 spiro atoms. The van der Waals surface area contributed by atoms with Crippen molar-refractivity contribution in [3.8, 4) is 5.75 Å². The average molecular weight is 622 g/mol. The van der Waals surface area contributed by atoms with E-state index in [-0.39, 0.29) is 53.2 Å². The number of aliphatic hydroxyl groups excluding tert-OH is 2. The number of phenolic OH excluding ortho intramolecular Hbond substituents is 1. The van der Waals surface area contributed by atoms with Crippen molar-refractivity contribution in [2.45, 2.75) is 126 Å². The van der Waals surface area contributed by atoms with E-state index in [4.69, 9.17) is 10.2 Å². The smallest absolute Gasteiger partial charge is 0.118 e. The first-order valence-electron chi connectivity index (χ1n) is 15.1. The molecule has 2 aliphatic carbocycles. The molecule has 0 aliphatic heterocycles. The summed E-state index contributed by atoms with van der Waals surface area (Å²) in [7, 11) is -2.05. The fraction of sp³-hybridized carbons (Fsp3) is 0.694. The summed E-state index contributed by atoms with van der Waals surface area (Å²) in [6, 6.07) is 4.67. The fourth-order valence-electron chi connectivity index (χ4n) is 7.24. The number of allylic oxidation sites excluding steroid dienone is 4. The van der Waals surface area contributed by atoms with Crippen LogP contribution in [0.25, 0.3) is 0 Å². The Morgan fingerprint density at radius 2 is 1.12 bits per heavy atom. The molecule has 1 aromatic carbocycles. The minimum Gasteiger partial charge on any atom is -0.508 e. The molecule has 5 unspecified atom stereocenters. The van der Waals surface area contributed by atoms with Crippen LogP contribution in [0, 0.1) is 31.1 Å². The zero-order chi connectivity index (χ0) is 30.8. The molecule has 0 heterocycles. The Labute approximate surface area is 271 Å². The van der Waals surface area contributed by atoms with Gasteiger partial charge in [0.1, 0.15) is 5.75 Å². The average Bonchev–Trinajstić information content (AvgIpc) is 3.07. The zero-order valence-corrected chi connectivity index (χ0v) is 32.4. The number of aromatic hydroxyl groups is 1. The Bertz CT molecular complexity index is 1050. The van der Waals surface area contributed by atoms with Crippen LogP contribution in [-0.4, -0.2) is 36.6 Å². The van der Waals surface area contributed by atoms with Crippen molar-refractivity contribution in [1.82, 2.24) is 0 Å². The van der Waals surface area contributed by atoms with Crippen molar-refractivity contribution in [1.29, 1.82) is 0 Å². The molecule has 0 bridgehead atoms. The minimum atomic E-state index is -2.05. The largest absolute Gasteiger partial charge is 0.508 e. The van der Waals surface area contributed by atoms with Crippen LogP contribution in [0.4, 0.5) is 0 Å². The van der Waals surface area contributed by atoms with Gasteiger partial charge in [0.15, 0.2) is 0 Å². The standard InChI is InChI=1S/C31H50OSi.2C2H6O.CH3.Ti/c1-17-18(2)20(4)27-26(19(17)3)21(5)22(6)29(27)33(13,14)25-16-23(30(7,8)9)15-24(28(25)32)31(10,11)12;2*1-2-3;;/h15-16,21-22,26-27,29,32H,1-14H3;2*3H,2H2,1H3;1H3;/q;;;-1;. The van der Waals surface area contributed by atoms with Crippen LogP contribution in [0.3, 0.4) is 0 Å². The number of hydrogen-bond acceptors (Lipinski definition) is 3. The zero-order valence-electron chi connectivity index (χ0n) is 29.8. The van der Waals surface area contributed by atoms with Crippen LogP contribution in [0.15, 0.2) is 34.4 Å². The molecule has 3 rings (SSSR count). The quantitative estimate of drug-likeness (QED) is 0.228. The monoisotopic (exact) mass is 621 g/mol. The first kappa shape index (κ1) is 42.5. The molecule has 1 aromatic rings. The van der Waals surface area contributed by atoms with Gasteiger partial charge in [-0.05, 0) is 109 Å². The second-order valence-electron chi connectivity index (χ2n) is 14.7. The van der Waals surface area contributed by atoms with E-state index < -0.39 is 8.07 Å². The number of benzene rings is 1. The van der Waals surface area contributed by atoms with E-state index in [0.717, 1.165) is 5.56 Å². The molecule has 5 heteroatoms. The van der Waals surface area contributed by atoms with E-state index in [1.807, 2.05) is 0 Å². The van der Waals surface area contributed by atoms with E-state index in [1.54, 1.807) is 25.0 Å². The molecule has 236 valence electrons. The second-order valence-corrected chi connectivity index (χ2v) is 19.3. The van der Waals surface area contributed by atoms with Crippen molar-refractivity contribution >= 4 is 13.3 Å². The molecule has 1 saturated carbocycles. The van der Waals surface area contributed by atoms with Crippen LogP contribution >= 0.6 is 0 Å². The van der Waals surface area contributed by atoms with E-state index in [2.05, 4.69) is 108 Å². The van der Waals surface area contributed by atoms with Gasteiger partial charge in [0.25, 0.3) is 0 Å². The molecule has 3 nitrogen and oxygen atoms in total. The number of phenols is 1. The topological polar surface area (TPSA) is 60.7 Å². The van der Waals surface area contributed by atoms with Gasteiger partial charge in [0.05, 0.1) is 8.07 Å². The molecule has 1 fully saturated rings. The number of rotatable bonds is 2. The second kappa shape index (κ2) is 15.9. The Morgan fingerprint density at radius 1 is 0.732 bits per heavy atom. The summed E-state index contributed by atoms with van der Waals surface area (Å²) in [6.07, 6.45) is 0. The number of hydrogen-bond donors (Lipinski definition) is 3. The first-order chi connectivity index (χ1) is 17.7. The molecule has 0 amide bonds. The van der Waals surface area contributed by atoms with Crippen LogP contribution in [-0.2, 0) is 32.5 Å². The number of fused-ring (bicyclic) bond motifs is 1. The Hall–Kier alpha value is -0.649. The Balaban J connectivity index is 0. The van der Waals surface area contributed by atoms with E-state index in [1.165, 1.54) is 21.9 Å². The minimum absolute atomic E-state index is 0. The van der Waals surface area contributed by atoms with Crippen molar-refractivity contribution in [3.63, 3.8) is 0 Å². The van der Waals surface area contributed by atoms with Gasteiger partial charge in [-0.15, -0.1) is 0 Å². The third-order valence-electron chi connectivity index (χ3n) is 9.79.